The van der Waals surface area contributed by atoms with E-state index in [0.29, 0.717) is 11.1 Å². The monoisotopic (exact) mass is 278 g/mol. The Balaban J connectivity index is 0.00000200. The zero-order valence-corrected chi connectivity index (χ0v) is 13.3. The van der Waals surface area contributed by atoms with Crippen molar-refractivity contribution in [2.24, 2.45) is 0 Å². The Hall–Kier alpha value is -1.62. The van der Waals surface area contributed by atoms with Crippen molar-refractivity contribution in [3.63, 3.8) is 0 Å². The Morgan fingerprint density at radius 3 is 2.25 bits per heavy atom. The van der Waals surface area contributed by atoms with Crippen LogP contribution >= 0.6 is 0 Å². The van der Waals surface area contributed by atoms with Crippen molar-refractivity contribution in [3.05, 3.63) is 65.2 Å². The molecule has 0 aliphatic rings. The van der Waals surface area contributed by atoms with Gasteiger partial charge in [-0.15, -0.1) is 0 Å². The third-order valence-corrected chi connectivity index (χ3v) is 2.64. The van der Waals surface area contributed by atoms with Crippen molar-refractivity contribution < 1.29 is 49.0 Å². The van der Waals surface area contributed by atoms with E-state index in [1.165, 1.54) is 12.1 Å². The van der Waals surface area contributed by atoms with Gasteiger partial charge in [-0.25, -0.2) is 4.79 Å². The molecular weight excluding hydrogens is 267 g/mol. The SMILES string of the molecule is Cc1ccc(C(=O)[O-])cc1OC(=O)c1ccccc1.[Na+]. The maximum absolute atomic E-state index is 11.9. The normalized spacial score (nSPS) is 9.45. The second-order valence-electron chi connectivity index (χ2n) is 4.02. The van der Waals surface area contributed by atoms with Crippen molar-refractivity contribution in [1.82, 2.24) is 0 Å². The van der Waals surface area contributed by atoms with Crippen LogP contribution < -0.4 is 39.4 Å². The predicted octanol–water partition coefficient (Wildman–Crippen LogP) is -1.42. The van der Waals surface area contributed by atoms with Gasteiger partial charge < -0.3 is 14.6 Å². The zero-order valence-electron chi connectivity index (χ0n) is 11.3. The number of carbonyl (C=O) groups is 2. The number of aryl methyl sites for hydroxylation is 1. The van der Waals surface area contributed by atoms with E-state index in [4.69, 9.17) is 4.74 Å². The van der Waals surface area contributed by atoms with Crippen LogP contribution in [0.1, 0.15) is 26.3 Å². The summed E-state index contributed by atoms with van der Waals surface area (Å²) in [6, 6.07) is 12.7. The number of rotatable bonds is 3. The molecule has 0 unspecified atom stereocenters. The summed E-state index contributed by atoms with van der Waals surface area (Å²) in [5.41, 5.74) is 1.05. The molecular formula is C15H11NaO4. The number of hydrogen-bond acceptors (Lipinski definition) is 4. The van der Waals surface area contributed by atoms with Crippen LogP contribution in [0.25, 0.3) is 0 Å². The Bertz CT molecular complexity index is 623. The molecule has 0 aliphatic carbocycles. The minimum atomic E-state index is -1.31. The average Bonchev–Trinajstić information content (AvgIpc) is 2.42. The minimum Gasteiger partial charge on any atom is -0.545 e. The Kier molecular flexibility index (Phi) is 5.95. The summed E-state index contributed by atoms with van der Waals surface area (Å²) >= 11 is 0. The van der Waals surface area contributed by atoms with Crippen LogP contribution in [0.15, 0.2) is 48.5 Å². The van der Waals surface area contributed by atoms with Crippen molar-refractivity contribution in [2.45, 2.75) is 6.92 Å². The molecule has 0 bridgehead atoms. The van der Waals surface area contributed by atoms with E-state index >= 15 is 0 Å². The van der Waals surface area contributed by atoms with Crippen LogP contribution in [0.2, 0.25) is 0 Å². The van der Waals surface area contributed by atoms with E-state index in [1.807, 2.05) is 0 Å². The van der Waals surface area contributed by atoms with E-state index in [1.54, 1.807) is 43.3 Å². The first-order valence-corrected chi connectivity index (χ1v) is 5.67. The number of ether oxygens (including phenoxy) is 1. The molecule has 0 spiro atoms. The maximum atomic E-state index is 11.9. The maximum Gasteiger partial charge on any atom is 1.00 e. The quantitative estimate of drug-likeness (QED) is 0.393. The van der Waals surface area contributed by atoms with Crippen LogP contribution in [0.4, 0.5) is 0 Å². The Morgan fingerprint density at radius 1 is 1.00 bits per heavy atom. The van der Waals surface area contributed by atoms with Crippen LogP contribution in [0.3, 0.4) is 0 Å². The van der Waals surface area contributed by atoms with E-state index in [-0.39, 0.29) is 40.9 Å². The van der Waals surface area contributed by atoms with Gasteiger partial charge >= 0.3 is 35.5 Å². The van der Waals surface area contributed by atoms with Crippen LogP contribution in [-0.2, 0) is 0 Å². The topological polar surface area (TPSA) is 66.4 Å². The number of aromatic carboxylic acids is 1. The fraction of sp³-hybridized carbons (Fsp3) is 0.0667. The molecule has 0 aromatic heterocycles. The van der Waals surface area contributed by atoms with Crippen molar-refractivity contribution in [3.8, 4) is 5.75 Å². The van der Waals surface area contributed by atoms with E-state index in [2.05, 4.69) is 0 Å². The van der Waals surface area contributed by atoms with Gasteiger partial charge in [-0.1, -0.05) is 30.3 Å². The third-order valence-electron chi connectivity index (χ3n) is 2.64. The largest absolute Gasteiger partial charge is 1.00 e. The Morgan fingerprint density at radius 2 is 1.65 bits per heavy atom. The van der Waals surface area contributed by atoms with Gasteiger partial charge in [-0.2, -0.15) is 0 Å². The Labute approximate surface area is 138 Å². The fourth-order valence-electron chi connectivity index (χ4n) is 1.57. The van der Waals surface area contributed by atoms with Crippen molar-refractivity contribution in [2.75, 3.05) is 0 Å². The summed E-state index contributed by atoms with van der Waals surface area (Å²) in [7, 11) is 0. The molecule has 5 heteroatoms. The first kappa shape index (κ1) is 16.4. The van der Waals surface area contributed by atoms with Crippen LogP contribution in [-0.4, -0.2) is 11.9 Å². The van der Waals surface area contributed by atoms with Gasteiger partial charge in [0.15, 0.2) is 0 Å². The molecule has 0 heterocycles. The summed E-state index contributed by atoms with van der Waals surface area (Å²) in [4.78, 5) is 22.6. The van der Waals surface area contributed by atoms with Gasteiger partial charge in [-0.3, -0.25) is 0 Å². The second-order valence-corrected chi connectivity index (χ2v) is 4.02. The van der Waals surface area contributed by atoms with Crippen LogP contribution in [0, 0.1) is 6.92 Å². The fourth-order valence-corrected chi connectivity index (χ4v) is 1.57. The number of carboxylic acids is 1. The number of esters is 1. The molecule has 0 amide bonds. The molecule has 96 valence electrons. The molecule has 0 saturated carbocycles. The number of hydrogen-bond donors (Lipinski definition) is 0. The van der Waals surface area contributed by atoms with Crippen LogP contribution in [0.5, 0.6) is 5.75 Å². The number of carboxylic acid groups (broad SMARTS) is 1. The standard InChI is InChI=1S/C15H12O4.Na/c1-10-7-8-12(14(16)17)9-13(10)19-15(18)11-5-3-2-4-6-11;/h2-9H,1H3,(H,16,17);/q;+1/p-1. The molecule has 2 rings (SSSR count). The van der Waals surface area contributed by atoms with Crippen molar-refractivity contribution >= 4 is 11.9 Å². The van der Waals surface area contributed by atoms with E-state index < -0.39 is 11.9 Å². The second kappa shape index (κ2) is 7.24. The molecule has 0 atom stereocenters. The molecule has 4 nitrogen and oxygen atoms in total. The van der Waals surface area contributed by atoms with Gasteiger partial charge in [0.05, 0.1) is 11.5 Å². The van der Waals surface area contributed by atoms with Gasteiger partial charge in [0.1, 0.15) is 5.75 Å². The number of carbonyl (C=O) groups excluding carboxylic acids is 2. The molecule has 2 aromatic carbocycles. The molecule has 0 radical (unpaired) electrons. The molecule has 0 N–H and O–H groups in total. The molecule has 0 fully saturated rings. The summed E-state index contributed by atoms with van der Waals surface area (Å²) in [6.45, 7) is 1.73. The van der Waals surface area contributed by atoms with E-state index in [0.717, 1.165) is 0 Å². The van der Waals surface area contributed by atoms with Gasteiger partial charge in [0.25, 0.3) is 0 Å². The molecule has 0 aliphatic heterocycles. The smallest absolute Gasteiger partial charge is 0.545 e. The third kappa shape index (κ3) is 3.93. The van der Waals surface area contributed by atoms with Crippen molar-refractivity contribution in [1.29, 1.82) is 0 Å². The summed E-state index contributed by atoms with van der Waals surface area (Å²) < 4.78 is 5.19. The molecule has 0 saturated heterocycles. The van der Waals surface area contributed by atoms with Gasteiger partial charge in [0, 0.05) is 5.56 Å². The van der Waals surface area contributed by atoms with Gasteiger partial charge in [-0.05, 0) is 30.7 Å². The van der Waals surface area contributed by atoms with E-state index in [9.17, 15) is 14.7 Å². The summed E-state index contributed by atoms with van der Waals surface area (Å²) in [6.07, 6.45) is 0. The zero-order chi connectivity index (χ0) is 13.8. The molecule has 2 aromatic rings. The molecule has 20 heavy (non-hydrogen) atoms. The first-order chi connectivity index (χ1) is 9.08. The summed E-state index contributed by atoms with van der Waals surface area (Å²) in [5.74, 6) is -1.62. The minimum absolute atomic E-state index is 0. The number of benzene rings is 2. The van der Waals surface area contributed by atoms with Gasteiger partial charge in [0.2, 0.25) is 0 Å². The average molecular weight is 278 g/mol. The predicted molar refractivity (Wildman–Crippen MR) is 66.9 cm³/mol. The summed E-state index contributed by atoms with van der Waals surface area (Å²) in [5, 5.41) is 10.8. The first-order valence-electron chi connectivity index (χ1n) is 5.67.